The Bertz CT molecular complexity index is 31.4. The van der Waals surface area contributed by atoms with E-state index in [-0.39, 0.29) is 142 Å². The molecule has 3 N–H and O–H groups in total. The molecule has 0 amide bonds. The van der Waals surface area contributed by atoms with Gasteiger partial charge in [0.2, 0.25) is 0 Å². The zero-order valence-electron chi connectivity index (χ0n) is 9.33. The minimum Gasteiger partial charge on any atom is -1.00 e. The summed E-state index contributed by atoms with van der Waals surface area (Å²) in [7, 11) is -2.17. The van der Waals surface area contributed by atoms with Crippen molar-refractivity contribution in [2.24, 2.45) is 0 Å². The van der Waals surface area contributed by atoms with E-state index in [4.69, 9.17) is 15.1 Å². The SMILES string of the molecule is OB(O)O.[Ca+2].[H-].[H-].[H-].[H-].[H-].[K+].[Sr+2]. The van der Waals surface area contributed by atoms with E-state index in [9.17, 15) is 0 Å². The fraction of sp³-hybridized carbons (Fsp3) is 0. The summed E-state index contributed by atoms with van der Waals surface area (Å²) in [6.07, 6.45) is 0. The van der Waals surface area contributed by atoms with Crippen LogP contribution in [0.5, 0.6) is 0 Å². The molecule has 0 spiro atoms. The Morgan fingerprint density at radius 3 is 1.14 bits per heavy atom. The molecule has 34 valence electrons. The van der Waals surface area contributed by atoms with Gasteiger partial charge in [-0.2, -0.15) is 0 Å². The number of rotatable bonds is 0. The average molecular weight is 234 g/mol. The van der Waals surface area contributed by atoms with Gasteiger partial charge in [0.15, 0.2) is 0 Å². The first-order chi connectivity index (χ1) is 1.73. The molecule has 0 aromatic rings. The molecule has 3 nitrogen and oxygen atoms in total. The zero-order valence-corrected chi connectivity index (χ0v) is 13.1. The summed E-state index contributed by atoms with van der Waals surface area (Å²) in [5, 5.41) is 21.5. The van der Waals surface area contributed by atoms with E-state index in [0.29, 0.717) is 0 Å². The molecule has 0 heterocycles. The molecule has 0 saturated heterocycles. The van der Waals surface area contributed by atoms with Crippen molar-refractivity contribution < 1.29 is 73.6 Å². The molecule has 0 aromatic carbocycles. The fourth-order valence-electron chi connectivity index (χ4n) is 0. The maximum absolute atomic E-state index is 7.17. The summed E-state index contributed by atoms with van der Waals surface area (Å²) in [4.78, 5) is 0. The molecule has 0 fully saturated rings. The van der Waals surface area contributed by atoms with Gasteiger partial charge < -0.3 is 22.2 Å². The predicted molar refractivity (Wildman–Crippen MR) is 29.5 cm³/mol. The van der Waals surface area contributed by atoms with E-state index in [1.165, 1.54) is 0 Å². The Hall–Kier alpha value is 4.32. The van der Waals surface area contributed by atoms with Crippen molar-refractivity contribution in [1.29, 1.82) is 0 Å². The molecular weight excluding hydrogens is 226 g/mol. The van der Waals surface area contributed by atoms with Crippen molar-refractivity contribution in [2.75, 3.05) is 0 Å². The van der Waals surface area contributed by atoms with Crippen LogP contribution in [-0.2, 0) is 0 Å². The molecule has 0 aliphatic heterocycles. The van der Waals surface area contributed by atoms with Crippen LogP contribution in [0.15, 0.2) is 0 Å². The van der Waals surface area contributed by atoms with Gasteiger partial charge in [0, 0.05) is 0 Å². The van der Waals surface area contributed by atoms with Crippen molar-refractivity contribution in [2.45, 2.75) is 0 Å². The van der Waals surface area contributed by atoms with Gasteiger partial charge in [-0.05, 0) is 0 Å². The van der Waals surface area contributed by atoms with Gasteiger partial charge in [0.25, 0.3) is 0 Å². The Balaban J connectivity index is -0.00000000161. The summed E-state index contributed by atoms with van der Waals surface area (Å²) < 4.78 is 0. The van der Waals surface area contributed by atoms with Gasteiger partial charge in [-0.1, -0.05) is 0 Å². The van der Waals surface area contributed by atoms with E-state index >= 15 is 0 Å². The summed E-state index contributed by atoms with van der Waals surface area (Å²) in [5.41, 5.74) is 0. The minimum absolute atomic E-state index is 0. The second-order valence-corrected chi connectivity index (χ2v) is 0.346. The molecule has 0 rings (SSSR count). The molecule has 0 atom stereocenters. The Morgan fingerprint density at radius 2 is 1.14 bits per heavy atom. The fourth-order valence-corrected chi connectivity index (χ4v) is 0. The molecule has 7 heteroatoms. The smallest absolute Gasteiger partial charge is 1.00 e. The normalized spacial score (nSPS) is 3.86. The summed E-state index contributed by atoms with van der Waals surface area (Å²) in [5.74, 6) is 0. The zero-order chi connectivity index (χ0) is 3.58. The van der Waals surface area contributed by atoms with Crippen LogP contribution in [0.25, 0.3) is 0 Å². The standard InChI is InChI=1S/BH3O3.Ca.K.Sr.5H/c2-1(3)4;;;;;;;;/h2-4H;;;;;;;;/q;+2;+1;+2;5*-1. The predicted octanol–water partition coefficient (Wildman–Crippen LogP) is -5.25. The second kappa shape index (κ2) is 16.7. The van der Waals surface area contributed by atoms with Crippen molar-refractivity contribution in [3.05, 3.63) is 0 Å². The summed E-state index contributed by atoms with van der Waals surface area (Å²) >= 11 is 0. The van der Waals surface area contributed by atoms with Gasteiger partial charge in [0.05, 0.1) is 0 Å². The van der Waals surface area contributed by atoms with E-state index in [1.807, 2.05) is 0 Å². The minimum atomic E-state index is -2.17. The van der Waals surface area contributed by atoms with Crippen LogP contribution >= 0.6 is 0 Å². The molecule has 0 bridgehead atoms. The van der Waals surface area contributed by atoms with Crippen molar-refractivity contribution in [1.82, 2.24) is 0 Å². The van der Waals surface area contributed by atoms with Gasteiger partial charge in [-0.25, -0.2) is 0 Å². The molecule has 0 radical (unpaired) electrons. The monoisotopic (exact) mass is 234 g/mol. The Kier molecular flexibility index (Phi) is 53.8. The van der Waals surface area contributed by atoms with E-state index < -0.39 is 7.32 Å². The maximum atomic E-state index is 7.17. The Labute approximate surface area is 160 Å². The third kappa shape index (κ3) is 38.3. The summed E-state index contributed by atoms with van der Waals surface area (Å²) in [6, 6.07) is 0. The quantitative estimate of drug-likeness (QED) is 0.367. The van der Waals surface area contributed by atoms with Crippen LogP contribution in [0, 0.1) is 0 Å². The number of hydrogen-bond acceptors (Lipinski definition) is 3. The molecule has 0 aromatic heterocycles. The van der Waals surface area contributed by atoms with Crippen LogP contribution in [0.2, 0.25) is 0 Å². The summed E-state index contributed by atoms with van der Waals surface area (Å²) in [6.45, 7) is 0. The molecule has 0 saturated carbocycles. The maximum Gasteiger partial charge on any atom is 2.00 e. The topological polar surface area (TPSA) is 60.7 Å². The van der Waals surface area contributed by atoms with Gasteiger partial charge in [-0.15, -0.1) is 0 Å². The van der Waals surface area contributed by atoms with Gasteiger partial charge >= 0.3 is 142 Å². The first-order valence-corrected chi connectivity index (χ1v) is 0.775. The molecular formula is H8BCaKO3Sr. The Morgan fingerprint density at radius 1 is 1.14 bits per heavy atom. The van der Waals surface area contributed by atoms with Crippen molar-refractivity contribution >= 4 is 90.5 Å². The van der Waals surface area contributed by atoms with Crippen molar-refractivity contribution in [3.8, 4) is 0 Å². The van der Waals surface area contributed by atoms with Crippen LogP contribution in [0.1, 0.15) is 7.13 Å². The van der Waals surface area contributed by atoms with E-state index in [1.54, 1.807) is 0 Å². The van der Waals surface area contributed by atoms with Crippen LogP contribution in [0.4, 0.5) is 0 Å². The van der Waals surface area contributed by atoms with Crippen LogP contribution < -0.4 is 51.4 Å². The van der Waals surface area contributed by atoms with Crippen LogP contribution in [-0.4, -0.2) is 106 Å². The van der Waals surface area contributed by atoms with Crippen LogP contribution in [0.3, 0.4) is 0 Å². The molecule has 0 unspecified atom stereocenters. The molecule has 0 aliphatic rings. The van der Waals surface area contributed by atoms with E-state index in [2.05, 4.69) is 0 Å². The first kappa shape index (κ1) is 22.5. The average Bonchev–Trinajstić information content (AvgIpc) is 0.811. The molecule has 0 aliphatic carbocycles. The third-order valence-corrected chi connectivity index (χ3v) is 0. The van der Waals surface area contributed by atoms with E-state index in [0.717, 1.165) is 0 Å². The van der Waals surface area contributed by atoms with Gasteiger partial charge in [0.1, 0.15) is 0 Å². The second-order valence-electron chi connectivity index (χ2n) is 0.346. The largest absolute Gasteiger partial charge is 2.00 e. The third-order valence-electron chi connectivity index (χ3n) is 0. The first-order valence-electron chi connectivity index (χ1n) is 0.775. The van der Waals surface area contributed by atoms with Gasteiger partial charge in [-0.3, -0.25) is 0 Å². The molecule has 7 heavy (non-hydrogen) atoms. The number of hydrogen-bond donors (Lipinski definition) is 3. The van der Waals surface area contributed by atoms with Crippen molar-refractivity contribution in [3.63, 3.8) is 0 Å².